The van der Waals surface area contributed by atoms with Crippen LogP contribution in [0.15, 0.2) is 24.3 Å². The summed E-state index contributed by atoms with van der Waals surface area (Å²) in [4.78, 5) is 0. The molecule has 0 bridgehead atoms. The quantitative estimate of drug-likeness (QED) is 0.649. The third kappa shape index (κ3) is 6.77. The molecule has 19 heavy (non-hydrogen) atoms. The van der Waals surface area contributed by atoms with Crippen molar-refractivity contribution in [1.82, 2.24) is 5.32 Å². The summed E-state index contributed by atoms with van der Waals surface area (Å²) < 4.78 is 10.3. The number of aliphatic hydroxyl groups is 1. The third-order valence-corrected chi connectivity index (χ3v) is 2.51. The van der Waals surface area contributed by atoms with E-state index in [1.54, 1.807) is 31.4 Å². The van der Waals surface area contributed by atoms with E-state index in [0.717, 1.165) is 13.0 Å². The maximum Gasteiger partial charge on any atom is 0.119 e. The molecule has 0 saturated heterocycles. The molecule has 1 aromatic rings. The van der Waals surface area contributed by atoms with E-state index in [9.17, 15) is 5.11 Å². The van der Waals surface area contributed by atoms with E-state index in [-0.39, 0.29) is 6.61 Å². The van der Waals surface area contributed by atoms with Crippen LogP contribution in [0.5, 0.6) is 5.75 Å². The minimum atomic E-state index is -0.557. The maximum atomic E-state index is 9.70. The molecule has 0 saturated carbocycles. The molecule has 0 aliphatic carbocycles. The van der Waals surface area contributed by atoms with Crippen LogP contribution in [0, 0.1) is 11.3 Å². The zero-order chi connectivity index (χ0) is 13.9. The summed E-state index contributed by atoms with van der Waals surface area (Å²) in [6.07, 6.45) is 0.359. The van der Waals surface area contributed by atoms with E-state index in [1.165, 1.54) is 0 Å². The van der Waals surface area contributed by atoms with E-state index in [0.29, 0.717) is 24.5 Å². The number of benzene rings is 1. The highest BCUT2D eigenvalue weighted by atomic mass is 16.5. The van der Waals surface area contributed by atoms with Crippen molar-refractivity contribution in [2.45, 2.75) is 12.5 Å². The van der Waals surface area contributed by atoms with Gasteiger partial charge in [-0.25, -0.2) is 0 Å². The first-order valence-corrected chi connectivity index (χ1v) is 6.27. The van der Waals surface area contributed by atoms with Gasteiger partial charge in [-0.1, -0.05) is 0 Å². The van der Waals surface area contributed by atoms with Gasteiger partial charge in [0, 0.05) is 20.3 Å². The van der Waals surface area contributed by atoms with Gasteiger partial charge in [0.2, 0.25) is 0 Å². The van der Waals surface area contributed by atoms with Gasteiger partial charge < -0.3 is 19.9 Å². The lowest BCUT2D eigenvalue weighted by atomic mass is 10.2. The zero-order valence-corrected chi connectivity index (χ0v) is 11.1. The lowest BCUT2D eigenvalue weighted by molar-refractivity contribution is 0.105. The Morgan fingerprint density at radius 1 is 1.37 bits per heavy atom. The average molecular weight is 264 g/mol. The summed E-state index contributed by atoms with van der Waals surface area (Å²) >= 11 is 0. The molecule has 0 spiro atoms. The molecule has 0 amide bonds. The van der Waals surface area contributed by atoms with Gasteiger partial charge in [0.15, 0.2) is 0 Å². The monoisotopic (exact) mass is 264 g/mol. The summed E-state index contributed by atoms with van der Waals surface area (Å²) in [6.45, 7) is 2.23. The third-order valence-electron chi connectivity index (χ3n) is 2.51. The van der Waals surface area contributed by atoms with Crippen LogP contribution in [-0.2, 0) is 4.74 Å². The van der Waals surface area contributed by atoms with Crippen LogP contribution in [0.25, 0.3) is 0 Å². The van der Waals surface area contributed by atoms with Crippen molar-refractivity contribution >= 4 is 0 Å². The number of rotatable bonds is 9. The van der Waals surface area contributed by atoms with Gasteiger partial charge in [0.05, 0.1) is 11.6 Å². The SMILES string of the molecule is COCCCNCC(O)COc1ccc(C#N)cc1. The number of aliphatic hydroxyl groups excluding tert-OH is 1. The summed E-state index contributed by atoms with van der Waals surface area (Å²) in [7, 11) is 1.67. The van der Waals surface area contributed by atoms with Gasteiger partial charge in [-0.2, -0.15) is 5.26 Å². The smallest absolute Gasteiger partial charge is 0.119 e. The first-order chi connectivity index (χ1) is 9.26. The second-order valence-electron chi connectivity index (χ2n) is 4.15. The fourth-order valence-electron chi connectivity index (χ4n) is 1.49. The Labute approximate surface area is 113 Å². The molecule has 0 aliphatic heterocycles. The summed E-state index contributed by atoms with van der Waals surface area (Å²) in [5, 5.41) is 21.5. The molecule has 0 fully saturated rings. The molecule has 1 rings (SSSR count). The Kier molecular flexibility index (Phi) is 7.59. The van der Waals surface area contributed by atoms with Crippen LogP contribution in [-0.4, -0.2) is 44.6 Å². The van der Waals surface area contributed by atoms with Gasteiger partial charge in [0.1, 0.15) is 18.5 Å². The van der Waals surface area contributed by atoms with Crippen LogP contribution in [0.3, 0.4) is 0 Å². The number of ether oxygens (including phenoxy) is 2. The van der Waals surface area contributed by atoms with Gasteiger partial charge in [-0.3, -0.25) is 0 Å². The normalized spacial score (nSPS) is 11.8. The molecule has 0 heterocycles. The fourth-order valence-corrected chi connectivity index (χ4v) is 1.49. The molecule has 2 N–H and O–H groups in total. The van der Waals surface area contributed by atoms with Crippen molar-refractivity contribution in [3.63, 3.8) is 0 Å². The van der Waals surface area contributed by atoms with Gasteiger partial charge in [0.25, 0.3) is 0 Å². The first kappa shape index (κ1) is 15.4. The van der Waals surface area contributed by atoms with Gasteiger partial charge >= 0.3 is 0 Å². The predicted molar refractivity (Wildman–Crippen MR) is 72.0 cm³/mol. The number of nitrogens with one attached hydrogen (secondary N) is 1. The van der Waals surface area contributed by atoms with Crippen LogP contribution >= 0.6 is 0 Å². The Morgan fingerprint density at radius 2 is 2.11 bits per heavy atom. The maximum absolute atomic E-state index is 9.70. The Balaban J connectivity index is 2.15. The highest BCUT2D eigenvalue weighted by molar-refractivity contribution is 5.34. The van der Waals surface area contributed by atoms with Gasteiger partial charge in [-0.15, -0.1) is 0 Å². The van der Waals surface area contributed by atoms with E-state index in [4.69, 9.17) is 14.7 Å². The van der Waals surface area contributed by atoms with E-state index in [2.05, 4.69) is 5.32 Å². The number of nitriles is 1. The summed E-state index contributed by atoms with van der Waals surface area (Å²) in [5.41, 5.74) is 0.590. The Bertz CT molecular complexity index is 387. The van der Waals surface area contributed by atoms with Crippen LogP contribution in [0.1, 0.15) is 12.0 Å². The molecular weight excluding hydrogens is 244 g/mol. The number of hydrogen-bond acceptors (Lipinski definition) is 5. The van der Waals surface area contributed by atoms with Crippen molar-refractivity contribution in [3.05, 3.63) is 29.8 Å². The van der Waals surface area contributed by atoms with Crippen molar-refractivity contribution in [2.75, 3.05) is 33.4 Å². The largest absolute Gasteiger partial charge is 0.491 e. The van der Waals surface area contributed by atoms with Crippen molar-refractivity contribution < 1.29 is 14.6 Å². The van der Waals surface area contributed by atoms with Crippen LogP contribution in [0.2, 0.25) is 0 Å². The second-order valence-corrected chi connectivity index (χ2v) is 4.15. The molecule has 5 nitrogen and oxygen atoms in total. The molecular formula is C14H20N2O3. The summed E-state index contributed by atoms with van der Waals surface area (Å²) in [6, 6.07) is 8.85. The lowest BCUT2D eigenvalue weighted by Gasteiger charge is -2.13. The van der Waals surface area contributed by atoms with Gasteiger partial charge in [-0.05, 0) is 37.2 Å². The molecule has 0 radical (unpaired) electrons. The Hall–Kier alpha value is -1.61. The van der Waals surface area contributed by atoms with Crippen LogP contribution < -0.4 is 10.1 Å². The summed E-state index contributed by atoms with van der Waals surface area (Å²) in [5.74, 6) is 0.650. The molecule has 1 aromatic carbocycles. The Morgan fingerprint density at radius 3 is 2.74 bits per heavy atom. The standard InChI is InChI=1S/C14H20N2O3/c1-18-8-2-7-16-10-13(17)11-19-14-5-3-12(9-15)4-6-14/h3-6,13,16-17H,2,7-8,10-11H2,1H3. The molecule has 104 valence electrons. The van der Waals surface area contributed by atoms with E-state index < -0.39 is 6.10 Å². The van der Waals surface area contributed by atoms with E-state index >= 15 is 0 Å². The molecule has 0 aliphatic rings. The topological polar surface area (TPSA) is 74.5 Å². The second kappa shape index (κ2) is 9.34. The fraction of sp³-hybridized carbons (Fsp3) is 0.500. The molecule has 1 unspecified atom stereocenters. The molecule has 1 atom stereocenters. The number of methoxy groups -OCH3 is 1. The molecule has 5 heteroatoms. The highest BCUT2D eigenvalue weighted by Gasteiger charge is 2.04. The predicted octanol–water partition coefficient (Wildman–Crippen LogP) is 0.924. The lowest BCUT2D eigenvalue weighted by Crippen LogP contribution is -2.32. The minimum Gasteiger partial charge on any atom is -0.491 e. The molecule has 0 aromatic heterocycles. The minimum absolute atomic E-state index is 0.225. The zero-order valence-electron chi connectivity index (χ0n) is 11.1. The first-order valence-electron chi connectivity index (χ1n) is 6.27. The van der Waals surface area contributed by atoms with E-state index in [1.807, 2.05) is 6.07 Å². The number of hydrogen-bond donors (Lipinski definition) is 2. The van der Waals surface area contributed by atoms with Crippen molar-refractivity contribution in [2.24, 2.45) is 0 Å². The average Bonchev–Trinajstić information content (AvgIpc) is 2.45. The number of nitrogens with zero attached hydrogens (tertiary/aromatic N) is 1. The van der Waals surface area contributed by atoms with Crippen molar-refractivity contribution in [3.8, 4) is 11.8 Å². The van der Waals surface area contributed by atoms with Crippen LogP contribution in [0.4, 0.5) is 0 Å². The highest BCUT2D eigenvalue weighted by Crippen LogP contribution is 2.11. The van der Waals surface area contributed by atoms with Crippen molar-refractivity contribution in [1.29, 1.82) is 5.26 Å².